The van der Waals surface area contributed by atoms with Crippen molar-refractivity contribution in [2.45, 2.75) is 6.42 Å². The molecule has 0 amide bonds. The van der Waals surface area contributed by atoms with Gasteiger partial charge in [0.15, 0.2) is 0 Å². The number of hydrogen-bond acceptors (Lipinski definition) is 0. The van der Waals surface area contributed by atoms with Gasteiger partial charge >= 0.3 is 0 Å². The van der Waals surface area contributed by atoms with E-state index in [0.717, 1.165) is 6.42 Å². The lowest BCUT2D eigenvalue weighted by Crippen LogP contribution is -1.85. The molecule has 0 aliphatic carbocycles. The zero-order valence-electron chi connectivity index (χ0n) is 5.40. The fourth-order valence-electron chi connectivity index (χ4n) is 0.724. The standard InChI is InChI=1S/C8H7I2/c1-2-6-3-4-7(9)5-8(6)10/h3-5H,1-2H2. The first-order valence-electron chi connectivity index (χ1n) is 2.97. The van der Waals surface area contributed by atoms with Crippen LogP contribution in [0.4, 0.5) is 0 Å². The summed E-state index contributed by atoms with van der Waals surface area (Å²) in [7, 11) is 0. The number of halogens is 2. The van der Waals surface area contributed by atoms with Crippen molar-refractivity contribution in [3.63, 3.8) is 0 Å². The molecule has 0 bridgehead atoms. The molecule has 0 fully saturated rings. The molecular formula is C8H7I2. The van der Waals surface area contributed by atoms with Crippen molar-refractivity contribution in [1.29, 1.82) is 0 Å². The van der Waals surface area contributed by atoms with E-state index in [0.29, 0.717) is 0 Å². The summed E-state index contributed by atoms with van der Waals surface area (Å²) < 4.78 is 2.61. The topological polar surface area (TPSA) is 0 Å². The summed E-state index contributed by atoms with van der Waals surface area (Å²) in [5, 5.41) is 0. The monoisotopic (exact) mass is 357 g/mol. The van der Waals surface area contributed by atoms with Crippen molar-refractivity contribution >= 4 is 45.2 Å². The van der Waals surface area contributed by atoms with Gasteiger partial charge in [0.25, 0.3) is 0 Å². The molecule has 1 aromatic carbocycles. The van der Waals surface area contributed by atoms with Crippen LogP contribution in [0.3, 0.4) is 0 Å². The van der Waals surface area contributed by atoms with Gasteiger partial charge < -0.3 is 0 Å². The van der Waals surface area contributed by atoms with Crippen LogP contribution in [0.15, 0.2) is 18.2 Å². The third-order valence-corrected chi connectivity index (χ3v) is 2.96. The van der Waals surface area contributed by atoms with Crippen LogP contribution in [0.5, 0.6) is 0 Å². The predicted octanol–water partition coefficient (Wildman–Crippen LogP) is 3.27. The molecule has 2 heteroatoms. The first kappa shape index (κ1) is 8.77. The molecule has 0 unspecified atom stereocenters. The van der Waals surface area contributed by atoms with Gasteiger partial charge in [-0.05, 0) is 76.2 Å². The fourth-order valence-corrected chi connectivity index (χ4v) is 2.60. The second kappa shape index (κ2) is 3.90. The number of hydrogen-bond donors (Lipinski definition) is 0. The molecule has 0 nitrogen and oxygen atoms in total. The SMILES string of the molecule is [CH2]Cc1ccc(I)cc1I. The molecule has 0 aliphatic rings. The predicted molar refractivity (Wildman–Crippen MR) is 60.9 cm³/mol. The van der Waals surface area contributed by atoms with Crippen LogP contribution in [0.25, 0.3) is 0 Å². The zero-order valence-corrected chi connectivity index (χ0v) is 9.72. The minimum atomic E-state index is 0.884. The molecule has 1 radical (unpaired) electrons. The summed E-state index contributed by atoms with van der Waals surface area (Å²) in [5.41, 5.74) is 1.33. The summed E-state index contributed by atoms with van der Waals surface area (Å²) in [6.07, 6.45) is 0.884. The van der Waals surface area contributed by atoms with Gasteiger partial charge in [-0.3, -0.25) is 0 Å². The average molecular weight is 357 g/mol. The van der Waals surface area contributed by atoms with Gasteiger partial charge in [-0.15, -0.1) is 0 Å². The first-order chi connectivity index (χ1) is 4.74. The molecule has 0 N–H and O–H groups in total. The molecule has 0 atom stereocenters. The summed E-state index contributed by atoms with van der Waals surface area (Å²) in [6.45, 7) is 3.84. The highest BCUT2D eigenvalue weighted by Gasteiger charge is 1.95. The molecular weight excluding hydrogens is 350 g/mol. The Morgan fingerprint density at radius 3 is 2.50 bits per heavy atom. The Morgan fingerprint density at radius 1 is 1.30 bits per heavy atom. The van der Waals surface area contributed by atoms with Crippen LogP contribution >= 0.6 is 45.2 Å². The molecule has 0 spiro atoms. The Balaban J connectivity index is 3.07. The van der Waals surface area contributed by atoms with Crippen LogP contribution in [0.1, 0.15) is 5.56 Å². The minimum Gasteiger partial charge on any atom is -0.0569 e. The van der Waals surface area contributed by atoms with E-state index < -0.39 is 0 Å². The average Bonchev–Trinajstić information content (AvgIpc) is 1.88. The quantitative estimate of drug-likeness (QED) is 0.677. The van der Waals surface area contributed by atoms with Gasteiger partial charge in [0.05, 0.1) is 0 Å². The summed E-state index contributed by atoms with van der Waals surface area (Å²) in [5.74, 6) is 0. The Kier molecular flexibility index (Phi) is 3.42. The third-order valence-electron chi connectivity index (χ3n) is 1.28. The van der Waals surface area contributed by atoms with Gasteiger partial charge in [-0.1, -0.05) is 6.07 Å². The van der Waals surface area contributed by atoms with Gasteiger partial charge in [0.1, 0.15) is 0 Å². The van der Waals surface area contributed by atoms with Crippen molar-refractivity contribution in [2.24, 2.45) is 0 Å². The van der Waals surface area contributed by atoms with Crippen molar-refractivity contribution in [1.82, 2.24) is 0 Å². The van der Waals surface area contributed by atoms with E-state index in [-0.39, 0.29) is 0 Å². The van der Waals surface area contributed by atoms with E-state index in [9.17, 15) is 0 Å². The third kappa shape index (κ3) is 2.08. The van der Waals surface area contributed by atoms with Gasteiger partial charge in [-0.2, -0.15) is 0 Å². The Labute approximate surface area is 88.7 Å². The summed E-state index contributed by atoms with van der Waals surface area (Å²) in [4.78, 5) is 0. The highest BCUT2D eigenvalue weighted by molar-refractivity contribution is 14.1. The van der Waals surface area contributed by atoms with Crippen LogP contribution in [-0.2, 0) is 6.42 Å². The van der Waals surface area contributed by atoms with Crippen LogP contribution in [0, 0.1) is 14.1 Å². The van der Waals surface area contributed by atoms with E-state index >= 15 is 0 Å². The molecule has 53 valence electrons. The molecule has 0 aromatic heterocycles. The molecule has 0 heterocycles. The van der Waals surface area contributed by atoms with Crippen molar-refractivity contribution in [3.05, 3.63) is 37.8 Å². The van der Waals surface area contributed by atoms with Gasteiger partial charge in [0, 0.05) is 7.14 Å². The normalized spacial score (nSPS) is 9.90. The maximum absolute atomic E-state index is 3.84. The van der Waals surface area contributed by atoms with E-state index in [1.165, 1.54) is 12.7 Å². The maximum Gasteiger partial charge on any atom is 0.0172 e. The highest BCUT2D eigenvalue weighted by atomic mass is 127. The molecule has 1 rings (SSSR count). The molecule has 10 heavy (non-hydrogen) atoms. The lowest BCUT2D eigenvalue weighted by molar-refractivity contribution is 1.24. The summed E-state index contributed by atoms with van der Waals surface area (Å²) in [6, 6.07) is 6.42. The molecule has 1 aromatic rings. The Morgan fingerprint density at radius 2 is 2.00 bits per heavy atom. The smallest absolute Gasteiger partial charge is 0.0172 e. The maximum atomic E-state index is 3.84. The molecule has 0 saturated heterocycles. The van der Waals surface area contributed by atoms with E-state index in [1.807, 2.05) is 0 Å². The molecule has 0 saturated carbocycles. The lowest BCUT2D eigenvalue weighted by Gasteiger charge is -1.99. The Hall–Kier alpha value is 0.680. The van der Waals surface area contributed by atoms with Crippen LogP contribution < -0.4 is 0 Å². The zero-order chi connectivity index (χ0) is 7.56. The van der Waals surface area contributed by atoms with E-state index in [1.54, 1.807) is 0 Å². The second-order valence-electron chi connectivity index (χ2n) is 1.99. The van der Waals surface area contributed by atoms with E-state index in [4.69, 9.17) is 0 Å². The van der Waals surface area contributed by atoms with Gasteiger partial charge in [0.2, 0.25) is 0 Å². The van der Waals surface area contributed by atoms with Crippen molar-refractivity contribution in [3.8, 4) is 0 Å². The minimum absolute atomic E-state index is 0.884. The Bertz CT molecular complexity index is 231. The summed E-state index contributed by atoms with van der Waals surface area (Å²) >= 11 is 4.65. The molecule has 0 aliphatic heterocycles. The highest BCUT2D eigenvalue weighted by Crippen LogP contribution is 2.15. The number of benzene rings is 1. The number of rotatable bonds is 1. The van der Waals surface area contributed by atoms with Gasteiger partial charge in [-0.25, -0.2) is 0 Å². The second-order valence-corrected chi connectivity index (χ2v) is 4.39. The van der Waals surface area contributed by atoms with Crippen molar-refractivity contribution < 1.29 is 0 Å². The van der Waals surface area contributed by atoms with Crippen molar-refractivity contribution in [2.75, 3.05) is 0 Å². The van der Waals surface area contributed by atoms with Crippen LogP contribution in [0.2, 0.25) is 0 Å². The first-order valence-corrected chi connectivity index (χ1v) is 5.13. The van der Waals surface area contributed by atoms with E-state index in [2.05, 4.69) is 70.3 Å². The lowest BCUT2D eigenvalue weighted by atomic mass is 10.2. The fraction of sp³-hybridized carbons (Fsp3) is 0.125. The largest absolute Gasteiger partial charge is 0.0569 e. The van der Waals surface area contributed by atoms with Crippen LogP contribution in [-0.4, -0.2) is 0 Å².